The molecule has 1 heterocycles. The SMILES string of the molecule is COc1ccc(CNCc2cccc3occc23)cc1CN=[N+]=[N-]. The zero-order valence-electron chi connectivity index (χ0n) is 13.4. The summed E-state index contributed by atoms with van der Waals surface area (Å²) in [7, 11) is 1.61. The first-order chi connectivity index (χ1) is 11.8. The van der Waals surface area contributed by atoms with Crippen molar-refractivity contribution in [1.29, 1.82) is 0 Å². The number of methoxy groups -OCH3 is 1. The minimum Gasteiger partial charge on any atom is -0.496 e. The largest absolute Gasteiger partial charge is 0.496 e. The van der Waals surface area contributed by atoms with Gasteiger partial charge in [0.1, 0.15) is 11.3 Å². The van der Waals surface area contributed by atoms with E-state index in [4.69, 9.17) is 14.7 Å². The fraction of sp³-hybridized carbons (Fsp3) is 0.222. The fourth-order valence-electron chi connectivity index (χ4n) is 2.73. The predicted octanol–water partition coefficient (Wildman–Crippen LogP) is 4.54. The van der Waals surface area contributed by atoms with E-state index in [1.165, 1.54) is 5.56 Å². The Morgan fingerprint density at radius 1 is 1.17 bits per heavy atom. The number of ether oxygens (including phenoxy) is 1. The van der Waals surface area contributed by atoms with E-state index in [1.807, 2.05) is 36.4 Å². The zero-order valence-corrected chi connectivity index (χ0v) is 13.4. The van der Waals surface area contributed by atoms with Crippen molar-refractivity contribution >= 4 is 11.0 Å². The van der Waals surface area contributed by atoms with Gasteiger partial charge in [0.25, 0.3) is 0 Å². The molecule has 0 bridgehead atoms. The van der Waals surface area contributed by atoms with E-state index in [0.29, 0.717) is 6.54 Å². The number of nitrogens with zero attached hydrogens (tertiary/aromatic N) is 3. The van der Waals surface area contributed by atoms with Crippen LogP contribution in [0.25, 0.3) is 21.4 Å². The Balaban J connectivity index is 1.68. The van der Waals surface area contributed by atoms with Crippen molar-refractivity contribution < 1.29 is 9.15 Å². The van der Waals surface area contributed by atoms with Gasteiger partial charge in [0, 0.05) is 29.0 Å². The van der Waals surface area contributed by atoms with Gasteiger partial charge in [-0.05, 0) is 34.9 Å². The van der Waals surface area contributed by atoms with Gasteiger partial charge in [-0.1, -0.05) is 29.4 Å². The van der Waals surface area contributed by atoms with Crippen LogP contribution >= 0.6 is 0 Å². The van der Waals surface area contributed by atoms with Gasteiger partial charge in [-0.2, -0.15) is 0 Å². The van der Waals surface area contributed by atoms with E-state index in [9.17, 15) is 0 Å². The highest BCUT2D eigenvalue weighted by Gasteiger charge is 2.05. The molecule has 0 saturated heterocycles. The molecular weight excluding hydrogens is 304 g/mol. The molecule has 0 aliphatic rings. The lowest BCUT2D eigenvalue weighted by atomic mass is 10.1. The maximum Gasteiger partial charge on any atom is 0.134 e. The maximum atomic E-state index is 8.49. The van der Waals surface area contributed by atoms with Crippen LogP contribution in [0.5, 0.6) is 5.75 Å². The van der Waals surface area contributed by atoms with E-state index in [2.05, 4.69) is 21.4 Å². The average molecular weight is 322 g/mol. The molecule has 3 aromatic rings. The van der Waals surface area contributed by atoms with Gasteiger partial charge in [0.05, 0.1) is 19.9 Å². The number of rotatable bonds is 7. The molecule has 24 heavy (non-hydrogen) atoms. The first kappa shape index (κ1) is 15.9. The maximum absolute atomic E-state index is 8.49. The Hall–Kier alpha value is -2.95. The normalized spacial score (nSPS) is 10.5. The molecule has 122 valence electrons. The van der Waals surface area contributed by atoms with Crippen LogP contribution in [0.15, 0.2) is 58.3 Å². The second-order valence-electron chi connectivity index (χ2n) is 5.39. The summed E-state index contributed by atoms with van der Waals surface area (Å²) in [6.45, 7) is 1.73. The quantitative estimate of drug-likeness (QED) is 0.394. The summed E-state index contributed by atoms with van der Waals surface area (Å²) < 4.78 is 10.7. The fourth-order valence-corrected chi connectivity index (χ4v) is 2.73. The van der Waals surface area contributed by atoms with Crippen molar-refractivity contribution in [3.63, 3.8) is 0 Å². The van der Waals surface area contributed by atoms with Crippen LogP contribution in [-0.2, 0) is 19.6 Å². The van der Waals surface area contributed by atoms with Crippen molar-refractivity contribution in [2.45, 2.75) is 19.6 Å². The van der Waals surface area contributed by atoms with Gasteiger partial charge < -0.3 is 14.5 Å². The molecule has 1 aromatic heterocycles. The smallest absolute Gasteiger partial charge is 0.134 e. The Kier molecular flexibility index (Phi) is 5.01. The second kappa shape index (κ2) is 7.55. The van der Waals surface area contributed by atoms with Crippen LogP contribution in [0.3, 0.4) is 0 Å². The monoisotopic (exact) mass is 322 g/mol. The summed E-state index contributed by atoms with van der Waals surface area (Å²) in [6, 6.07) is 13.9. The first-order valence-electron chi connectivity index (χ1n) is 7.64. The van der Waals surface area contributed by atoms with E-state index < -0.39 is 0 Å². The molecule has 0 aliphatic carbocycles. The summed E-state index contributed by atoms with van der Waals surface area (Å²) in [5.41, 5.74) is 12.6. The van der Waals surface area contributed by atoms with Gasteiger partial charge >= 0.3 is 0 Å². The highest BCUT2D eigenvalue weighted by molar-refractivity contribution is 5.80. The zero-order chi connectivity index (χ0) is 16.8. The van der Waals surface area contributed by atoms with E-state index in [0.717, 1.165) is 34.4 Å². The molecule has 2 aromatic carbocycles. The van der Waals surface area contributed by atoms with Crippen molar-refractivity contribution in [3.05, 3.63) is 75.9 Å². The molecule has 0 atom stereocenters. The van der Waals surface area contributed by atoms with Gasteiger partial charge in [0.15, 0.2) is 0 Å². The van der Waals surface area contributed by atoms with Crippen LogP contribution in [0.4, 0.5) is 0 Å². The van der Waals surface area contributed by atoms with Crippen molar-refractivity contribution in [2.24, 2.45) is 5.11 Å². The molecule has 6 heteroatoms. The summed E-state index contributed by atoms with van der Waals surface area (Å²) in [6.07, 6.45) is 1.71. The van der Waals surface area contributed by atoms with Crippen LogP contribution in [0.2, 0.25) is 0 Å². The average Bonchev–Trinajstić information content (AvgIpc) is 3.09. The summed E-state index contributed by atoms with van der Waals surface area (Å²) in [4.78, 5) is 2.81. The lowest BCUT2D eigenvalue weighted by Crippen LogP contribution is -2.13. The molecule has 0 aliphatic heterocycles. The highest BCUT2D eigenvalue weighted by atomic mass is 16.5. The number of furan rings is 1. The summed E-state index contributed by atoms with van der Waals surface area (Å²) >= 11 is 0. The molecule has 0 unspecified atom stereocenters. The highest BCUT2D eigenvalue weighted by Crippen LogP contribution is 2.22. The number of fused-ring (bicyclic) bond motifs is 1. The Bertz CT molecular complexity index is 882. The summed E-state index contributed by atoms with van der Waals surface area (Å²) in [5.74, 6) is 0.731. The Labute approximate surface area is 139 Å². The molecular formula is C18H18N4O2. The van der Waals surface area contributed by atoms with Crippen LogP contribution in [-0.4, -0.2) is 7.11 Å². The van der Waals surface area contributed by atoms with Gasteiger partial charge in [0.2, 0.25) is 0 Å². The molecule has 0 radical (unpaired) electrons. The third-order valence-corrected chi connectivity index (χ3v) is 3.88. The Morgan fingerprint density at radius 2 is 2.08 bits per heavy atom. The van der Waals surface area contributed by atoms with Crippen molar-refractivity contribution in [2.75, 3.05) is 7.11 Å². The van der Waals surface area contributed by atoms with E-state index in [1.54, 1.807) is 13.4 Å². The lowest BCUT2D eigenvalue weighted by Gasteiger charge is -2.10. The third-order valence-electron chi connectivity index (χ3n) is 3.88. The molecule has 0 fully saturated rings. The van der Waals surface area contributed by atoms with E-state index >= 15 is 0 Å². The van der Waals surface area contributed by atoms with Gasteiger partial charge in [-0.15, -0.1) is 0 Å². The predicted molar refractivity (Wildman–Crippen MR) is 92.6 cm³/mol. The number of hydrogen-bond donors (Lipinski definition) is 1. The molecule has 0 amide bonds. The van der Waals surface area contributed by atoms with E-state index in [-0.39, 0.29) is 6.54 Å². The third kappa shape index (κ3) is 3.51. The second-order valence-corrected chi connectivity index (χ2v) is 5.39. The molecule has 0 saturated carbocycles. The number of nitrogens with one attached hydrogen (secondary N) is 1. The lowest BCUT2D eigenvalue weighted by molar-refractivity contribution is 0.409. The minimum atomic E-state index is 0.280. The standard InChI is InChI=1S/C18H18N4O2/c1-23-17-6-5-13(9-15(17)12-21-22-19)10-20-11-14-3-2-4-18-16(14)7-8-24-18/h2-9,20H,10-12H2,1H3. The molecule has 0 spiro atoms. The summed E-state index contributed by atoms with van der Waals surface area (Å²) in [5, 5.41) is 8.18. The Morgan fingerprint density at radius 3 is 2.92 bits per heavy atom. The topological polar surface area (TPSA) is 83.2 Å². The van der Waals surface area contributed by atoms with Crippen molar-refractivity contribution in [3.8, 4) is 5.75 Å². The number of hydrogen-bond acceptors (Lipinski definition) is 4. The van der Waals surface area contributed by atoms with Crippen LogP contribution in [0, 0.1) is 0 Å². The number of benzene rings is 2. The minimum absolute atomic E-state index is 0.280. The van der Waals surface area contributed by atoms with Crippen LogP contribution in [0.1, 0.15) is 16.7 Å². The molecule has 1 N–H and O–H groups in total. The van der Waals surface area contributed by atoms with Gasteiger partial charge in [-0.25, -0.2) is 0 Å². The van der Waals surface area contributed by atoms with Crippen molar-refractivity contribution in [1.82, 2.24) is 5.32 Å². The van der Waals surface area contributed by atoms with Gasteiger partial charge in [-0.3, -0.25) is 0 Å². The van der Waals surface area contributed by atoms with Crippen LogP contribution < -0.4 is 10.1 Å². The molecule has 6 nitrogen and oxygen atoms in total. The first-order valence-corrected chi connectivity index (χ1v) is 7.64. The molecule has 3 rings (SSSR count). The number of azide groups is 1.